The third-order valence-corrected chi connectivity index (χ3v) is 2.89. The highest BCUT2D eigenvalue weighted by atomic mass is 35.5. The van der Waals surface area contributed by atoms with Crippen LogP contribution in [0, 0.1) is 6.92 Å². The Morgan fingerprint density at radius 3 is 2.72 bits per heavy atom. The number of para-hydroxylation sites is 1. The second-order valence-corrected chi connectivity index (χ2v) is 4.42. The van der Waals surface area contributed by atoms with Crippen molar-refractivity contribution >= 4 is 22.5 Å². The first-order chi connectivity index (χ1) is 8.74. The van der Waals surface area contributed by atoms with Crippen molar-refractivity contribution in [3.05, 3.63) is 53.4 Å². The van der Waals surface area contributed by atoms with Crippen molar-refractivity contribution < 1.29 is 0 Å². The highest BCUT2D eigenvalue weighted by Crippen LogP contribution is 2.25. The minimum Gasteiger partial charge on any atom is -0.255 e. The van der Waals surface area contributed by atoms with Crippen LogP contribution < -0.4 is 0 Å². The van der Waals surface area contributed by atoms with E-state index in [0.717, 1.165) is 22.2 Å². The highest BCUT2D eigenvalue weighted by molar-refractivity contribution is 6.29. The molecule has 2 aromatic heterocycles. The van der Waals surface area contributed by atoms with Gasteiger partial charge in [-0.15, -0.1) is 0 Å². The molecule has 3 rings (SSSR count). The van der Waals surface area contributed by atoms with Gasteiger partial charge in [0, 0.05) is 22.8 Å². The molecular formula is C14H10ClN3. The lowest BCUT2D eigenvalue weighted by Crippen LogP contribution is -1.94. The van der Waals surface area contributed by atoms with E-state index < -0.39 is 0 Å². The smallest absolute Gasteiger partial charge is 0.163 e. The van der Waals surface area contributed by atoms with Crippen LogP contribution in [-0.2, 0) is 0 Å². The van der Waals surface area contributed by atoms with Gasteiger partial charge in [0.25, 0.3) is 0 Å². The fourth-order valence-electron chi connectivity index (χ4n) is 1.94. The number of benzene rings is 1. The van der Waals surface area contributed by atoms with Crippen LogP contribution in [0.3, 0.4) is 0 Å². The van der Waals surface area contributed by atoms with Crippen molar-refractivity contribution in [3.8, 4) is 11.4 Å². The largest absolute Gasteiger partial charge is 0.255 e. The van der Waals surface area contributed by atoms with E-state index in [0.29, 0.717) is 11.0 Å². The molecule has 0 fully saturated rings. The molecule has 0 unspecified atom stereocenters. The number of hydrogen-bond donors (Lipinski definition) is 0. The number of pyridine rings is 1. The molecule has 18 heavy (non-hydrogen) atoms. The van der Waals surface area contributed by atoms with E-state index in [1.807, 2.05) is 37.3 Å². The van der Waals surface area contributed by atoms with Crippen molar-refractivity contribution in [2.45, 2.75) is 6.92 Å². The summed E-state index contributed by atoms with van der Waals surface area (Å²) in [6.07, 6.45) is 1.77. The summed E-state index contributed by atoms with van der Waals surface area (Å²) in [4.78, 5) is 13.1. The first kappa shape index (κ1) is 11.1. The molecule has 1 aromatic carbocycles. The van der Waals surface area contributed by atoms with Gasteiger partial charge in [-0.25, -0.2) is 9.97 Å². The SMILES string of the molecule is Cc1cc(Cl)nc(-c2cccc3cccnc23)n1. The Bertz CT molecular complexity index is 700. The lowest BCUT2D eigenvalue weighted by atomic mass is 10.1. The number of aromatic nitrogens is 3. The Morgan fingerprint density at radius 1 is 1.06 bits per heavy atom. The molecule has 0 aliphatic rings. The molecule has 0 amide bonds. The highest BCUT2D eigenvalue weighted by Gasteiger charge is 2.08. The van der Waals surface area contributed by atoms with Crippen LogP contribution in [0.1, 0.15) is 5.69 Å². The van der Waals surface area contributed by atoms with Crippen molar-refractivity contribution in [1.82, 2.24) is 15.0 Å². The fourth-order valence-corrected chi connectivity index (χ4v) is 2.17. The van der Waals surface area contributed by atoms with Crippen LogP contribution in [0.2, 0.25) is 5.15 Å². The molecular weight excluding hydrogens is 246 g/mol. The van der Waals surface area contributed by atoms with E-state index >= 15 is 0 Å². The normalized spacial score (nSPS) is 10.8. The molecule has 0 saturated carbocycles. The van der Waals surface area contributed by atoms with Crippen molar-refractivity contribution in [1.29, 1.82) is 0 Å². The quantitative estimate of drug-likeness (QED) is 0.623. The minimum absolute atomic E-state index is 0.449. The lowest BCUT2D eigenvalue weighted by Gasteiger charge is -2.05. The zero-order valence-corrected chi connectivity index (χ0v) is 10.5. The lowest BCUT2D eigenvalue weighted by molar-refractivity contribution is 1.11. The maximum Gasteiger partial charge on any atom is 0.163 e. The molecule has 0 bridgehead atoms. The predicted octanol–water partition coefficient (Wildman–Crippen LogP) is 3.65. The standard InChI is InChI=1S/C14H10ClN3/c1-9-8-12(15)18-14(17-9)11-6-2-4-10-5-3-7-16-13(10)11/h2-8H,1H3. The molecule has 0 aliphatic heterocycles. The average Bonchev–Trinajstić information content (AvgIpc) is 2.37. The minimum atomic E-state index is 0.449. The molecule has 0 radical (unpaired) electrons. The van der Waals surface area contributed by atoms with Gasteiger partial charge in [-0.2, -0.15) is 0 Å². The van der Waals surface area contributed by atoms with E-state index in [2.05, 4.69) is 15.0 Å². The number of rotatable bonds is 1. The van der Waals surface area contributed by atoms with E-state index in [9.17, 15) is 0 Å². The second-order valence-electron chi connectivity index (χ2n) is 4.04. The van der Waals surface area contributed by atoms with Gasteiger partial charge in [0.15, 0.2) is 5.82 Å². The molecule has 0 spiro atoms. The summed E-state index contributed by atoms with van der Waals surface area (Å²) in [5.74, 6) is 0.615. The van der Waals surface area contributed by atoms with Crippen molar-refractivity contribution in [3.63, 3.8) is 0 Å². The first-order valence-electron chi connectivity index (χ1n) is 5.59. The maximum absolute atomic E-state index is 5.98. The van der Waals surface area contributed by atoms with E-state index in [1.54, 1.807) is 12.3 Å². The topological polar surface area (TPSA) is 38.7 Å². The Labute approximate surface area is 109 Å². The fraction of sp³-hybridized carbons (Fsp3) is 0.0714. The summed E-state index contributed by atoms with van der Waals surface area (Å²) in [5, 5.41) is 1.52. The molecule has 0 atom stereocenters. The van der Waals surface area contributed by atoms with Crippen LogP contribution in [-0.4, -0.2) is 15.0 Å². The maximum atomic E-state index is 5.98. The molecule has 2 heterocycles. The zero-order valence-electron chi connectivity index (χ0n) is 9.76. The molecule has 0 N–H and O–H groups in total. The molecule has 4 heteroatoms. The zero-order chi connectivity index (χ0) is 12.5. The average molecular weight is 256 g/mol. The van der Waals surface area contributed by atoms with E-state index in [-0.39, 0.29) is 0 Å². The van der Waals surface area contributed by atoms with Crippen LogP contribution >= 0.6 is 11.6 Å². The summed E-state index contributed by atoms with van der Waals surface area (Å²) in [6.45, 7) is 1.90. The monoisotopic (exact) mass is 255 g/mol. The number of nitrogens with zero attached hydrogens (tertiary/aromatic N) is 3. The van der Waals surface area contributed by atoms with Gasteiger partial charge in [-0.05, 0) is 25.1 Å². The Morgan fingerprint density at radius 2 is 1.89 bits per heavy atom. The molecule has 0 aliphatic carbocycles. The van der Waals surface area contributed by atoms with Gasteiger partial charge in [-0.3, -0.25) is 4.98 Å². The third-order valence-electron chi connectivity index (χ3n) is 2.70. The first-order valence-corrected chi connectivity index (χ1v) is 5.97. The summed E-state index contributed by atoms with van der Waals surface area (Å²) in [7, 11) is 0. The van der Waals surface area contributed by atoms with E-state index in [1.165, 1.54) is 0 Å². The number of hydrogen-bond acceptors (Lipinski definition) is 3. The third kappa shape index (κ3) is 1.93. The summed E-state index contributed by atoms with van der Waals surface area (Å²) >= 11 is 5.98. The Hall–Kier alpha value is -2.00. The van der Waals surface area contributed by atoms with Crippen LogP contribution in [0.5, 0.6) is 0 Å². The molecule has 3 aromatic rings. The number of aryl methyl sites for hydroxylation is 1. The predicted molar refractivity (Wildman–Crippen MR) is 72.5 cm³/mol. The summed E-state index contributed by atoms with van der Waals surface area (Å²) in [5.41, 5.74) is 2.64. The van der Waals surface area contributed by atoms with Gasteiger partial charge in [0.05, 0.1) is 5.52 Å². The van der Waals surface area contributed by atoms with Crippen molar-refractivity contribution in [2.75, 3.05) is 0 Å². The van der Waals surface area contributed by atoms with Gasteiger partial charge in [0.2, 0.25) is 0 Å². The second kappa shape index (κ2) is 4.35. The van der Waals surface area contributed by atoms with Crippen LogP contribution in [0.15, 0.2) is 42.6 Å². The van der Waals surface area contributed by atoms with Gasteiger partial charge >= 0.3 is 0 Å². The molecule has 3 nitrogen and oxygen atoms in total. The molecule has 88 valence electrons. The van der Waals surface area contributed by atoms with Crippen molar-refractivity contribution in [2.24, 2.45) is 0 Å². The molecule has 0 saturated heterocycles. The van der Waals surface area contributed by atoms with Gasteiger partial charge < -0.3 is 0 Å². The number of halogens is 1. The summed E-state index contributed by atoms with van der Waals surface area (Å²) < 4.78 is 0. The Balaban J connectivity index is 2.31. The van der Waals surface area contributed by atoms with Gasteiger partial charge in [-0.1, -0.05) is 29.8 Å². The van der Waals surface area contributed by atoms with E-state index in [4.69, 9.17) is 11.6 Å². The number of fused-ring (bicyclic) bond motifs is 1. The van der Waals surface area contributed by atoms with Crippen LogP contribution in [0.25, 0.3) is 22.3 Å². The Kier molecular flexibility index (Phi) is 2.68. The summed E-state index contributed by atoms with van der Waals surface area (Å²) in [6, 6.07) is 11.6. The van der Waals surface area contributed by atoms with Gasteiger partial charge in [0.1, 0.15) is 5.15 Å². The van der Waals surface area contributed by atoms with Crippen LogP contribution in [0.4, 0.5) is 0 Å².